The summed E-state index contributed by atoms with van der Waals surface area (Å²) in [6, 6.07) is 4.38. The lowest BCUT2D eigenvalue weighted by Gasteiger charge is -2.26. The quantitative estimate of drug-likeness (QED) is 0.345. The van der Waals surface area contributed by atoms with Gasteiger partial charge < -0.3 is 15.8 Å². The largest absolute Gasteiger partial charge is 0.443 e. The lowest BCUT2D eigenvalue weighted by atomic mass is 10.0. The van der Waals surface area contributed by atoms with E-state index in [0.29, 0.717) is 11.9 Å². The zero-order chi connectivity index (χ0) is 25.8. The highest BCUT2D eigenvalue weighted by Crippen LogP contribution is 2.34. The monoisotopic (exact) mass is 496 g/mol. The molecule has 34 heavy (non-hydrogen) atoms. The molecule has 0 aliphatic heterocycles. The molecule has 0 bridgehead atoms. The number of amidine groups is 1. The minimum absolute atomic E-state index is 0.00829. The van der Waals surface area contributed by atoms with Crippen LogP contribution < -0.4 is 16.0 Å². The molecule has 184 valence electrons. The Kier molecular flexibility index (Phi) is 8.19. The summed E-state index contributed by atoms with van der Waals surface area (Å²) in [5, 5.41) is 2.45. The number of thiocarbonyl (C=S) groups is 1. The minimum Gasteiger partial charge on any atom is -0.443 e. The van der Waals surface area contributed by atoms with Crippen molar-refractivity contribution in [2.75, 3.05) is 17.3 Å². The maximum atomic E-state index is 13.3. The number of alkyl halides is 3. The van der Waals surface area contributed by atoms with Gasteiger partial charge >= 0.3 is 12.3 Å². The van der Waals surface area contributed by atoms with Crippen LogP contribution in [-0.4, -0.2) is 39.7 Å². The molecule has 0 saturated heterocycles. The summed E-state index contributed by atoms with van der Waals surface area (Å²) in [5.74, 6) is 0.114. The summed E-state index contributed by atoms with van der Waals surface area (Å²) in [6.07, 6.45) is -3.33. The van der Waals surface area contributed by atoms with Crippen molar-refractivity contribution < 1.29 is 22.7 Å². The van der Waals surface area contributed by atoms with Gasteiger partial charge in [0.2, 0.25) is 0 Å². The van der Waals surface area contributed by atoms with Crippen molar-refractivity contribution in [2.45, 2.75) is 52.3 Å². The Labute approximate surface area is 201 Å². The Bertz CT molecular complexity index is 1100. The van der Waals surface area contributed by atoms with Crippen molar-refractivity contribution >= 4 is 40.8 Å². The summed E-state index contributed by atoms with van der Waals surface area (Å²) in [4.78, 5) is 25.4. The van der Waals surface area contributed by atoms with Crippen LogP contribution in [0, 0.1) is 0 Å². The Balaban J connectivity index is 2.38. The molecular weight excluding hydrogens is 469 g/mol. The predicted octanol–water partition coefficient (Wildman–Crippen LogP) is 5.09. The highest BCUT2D eigenvalue weighted by molar-refractivity contribution is 7.80. The molecule has 0 aromatic carbocycles. The molecule has 12 heteroatoms. The van der Waals surface area contributed by atoms with Crippen molar-refractivity contribution in [2.24, 2.45) is 10.7 Å². The lowest BCUT2D eigenvalue weighted by Crippen LogP contribution is -2.35. The van der Waals surface area contributed by atoms with Gasteiger partial charge in [0.25, 0.3) is 0 Å². The third kappa shape index (κ3) is 7.37. The number of amides is 1. The zero-order valence-electron chi connectivity index (χ0n) is 19.7. The first-order chi connectivity index (χ1) is 15.6. The molecule has 0 unspecified atom stereocenters. The highest BCUT2D eigenvalue weighted by atomic mass is 32.1. The topological polar surface area (TPSA) is 106 Å². The molecule has 0 aliphatic rings. The van der Waals surface area contributed by atoms with E-state index in [9.17, 15) is 18.0 Å². The summed E-state index contributed by atoms with van der Waals surface area (Å²) < 4.78 is 45.1. The van der Waals surface area contributed by atoms with E-state index in [2.05, 4.69) is 20.3 Å². The lowest BCUT2D eigenvalue weighted by molar-refractivity contribution is -0.137. The number of carbonyl (C=O) groups is 1. The maximum absolute atomic E-state index is 13.3. The predicted molar refractivity (Wildman–Crippen MR) is 129 cm³/mol. The van der Waals surface area contributed by atoms with Crippen molar-refractivity contribution in [1.29, 1.82) is 0 Å². The number of anilines is 2. The second-order valence-electron chi connectivity index (χ2n) is 8.69. The molecule has 3 N–H and O–H groups in total. The fourth-order valence-electron chi connectivity index (χ4n) is 2.63. The SMILES string of the molecule is CC(C)c1ccnc(/C(N)=N/C(=S)Nc2ncc(C(F)(F)F)cc2N(C)C(=O)OC(C)(C)C)c1. The van der Waals surface area contributed by atoms with Crippen LogP contribution in [0.5, 0.6) is 0 Å². The van der Waals surface area contributed by atoms with Crippen LogP contribution in [0.3, 0.4) is 0 Å². The van der Waals surface area contributed by atoms with Gasteiger partial charge in [0.1, 0.15) is 11.3 Å². The van der Waals surface area contributed by atoms with Gasteiger partial charge in [-0.05, 0) is 62.7 Å². The minimum atomic E-state index is -4.68. The second-order valence-corrected chi connectivity index (χ2v) is 9.07. The van der Waals surface area contributed by atoms with Crippen LogP contribution in [0.15, 0.2) is 35.6 Å². The van der Waals surface area contributed by atoms with E-state index in [1.54, 1.807) is 33.0 Å². The van der Waals surface area contributed by atoms with Gasteiger partial charge in [-0.3, -0.25) is 9.88 Å². The van der Waals surface area contributed by atoms with Gasteiger partial charge in [-0.2, -0.15) is 13.2 Å². The van der Waals surface area contributed by atoms with Crippen LogP contribution in [0.4, 0.5) is 29.5 Å². The van der Waals surface area contributed by atoms with E-state index in [1.165, 1.54) is 7.05 Å². The van der Waals surface area contributed by atoms with E-state index in [0.717, 1.165) is 16.5 Å². The summed E-state index contributed by atoms with van der Waals surface area (Å²) in [6.45, 7) is 8.93. The Morgan fingerprint density at radius 2 is 1.88 bits per heavy atom. The third-order valence-electron chi connectivity index (χ3n) is 4.38. The number of halogens is 3. The number of rotatable bonds is 4. The molecule has 8 nitrogen and oxygen atoms in total. The summed E-state index contributed by atoms with van der Waals surface area (Å²) >= 11 is 5.20. The normalized spacial score (nSPS) is 12.5. The summed E-state index contributed by atoms with van der Waals surface area (Å²) in [5.41, 5.74) is 5.29. The molecule has 0 saturated carbocycles. The average molecular weight is 497 g/mol. The Morgan fingerprint density at radius 3 is 2.44 bits per heavy atom. The van der Waals surface area contributed by atoms with E-state index in [4.69, 9.17) is 22.7 Å². The number of nitrogens with two attached hydrogens (primary N) is 1. The van der Waals surface area contributed by atoms with Gasteiger partial charge in [0.15, 0.2) is 16.8 Å². The van der Waals surface area contributed by atoms with Crippen LogP contribution >= 0.6 is 12.2 Å². The number of carbonyl (C=O) groups excluding carboxylic acids is 1. The van der Waals surface area contributed by atoms with E-state index in [-0.39, 0.29) is 28.4 Å². The number of nitrogens with one attached hydrogen (secondary N) is 1. The van der Waals surface area contributed by atoms with E-state index < -0.39 is 23.4 Å². The number of ether oxygens (including phenoxy) is 1. The van der Waals surface area contributed by atoms with Crippen LogP contribution in [0.2, 0.25) is 0 Å². The molecule has 0 atom stereocenters. The van der Waals surface area contributed by atoms with E-state index >= 15 is 0 Å². The number of aliphatic imine (C=N–C) groups is 1. The molecule has 2 rings (SSSR count). The van der Waals surface area contributed by atoms with Crippen molar-refractivity contribution in [3.05, 3.63) is 47.4 Å². The molecule has 2 aromatic rings. The standard InChI is InChI=1S/C22H27F3N6O2S/c1-12(2)13-7-8-27-15(9-13)17(26)29-19(34)30-18-16(10-14(11-28-18)22(23,24)25)31(6)20(32)33-21(3,4)5/h7-12H,1-6H3,(H3,26,28,29,30,34). The molecule has 1 amide bonds. The third-order valence-corrected chi connectivity index (χ3v) is 4.58. The fraction of sp³-hybridized carbons (Fsp3) is 0.409. The van der Waals surface area contributed by atoms with Gasteiger partial charge in [-0.25, -0.2) is 14.8 Å². The average Bonchev–Trinajstić information content (AvgIpc) is 2.71. The highest BCUT2D eigenvalue weighted by Gasteiger charge is 2.33. The molecule has 0 fully saturated rings. The number of hydrogen-bond donors (Lipinski definition) is 2. The smallest absolute Gasteiger partial charge is 0.417 e. The van der Waals surface area contributed by atoms with E-state index in [1.807, 2.05) is 19.9 Å². The Morgan fingerprint density at radius 1 is 1.24 bits per heavy atom. The van der Waals surface area contributed by atoms with Gasteiger partial charge in [0.05, 0.1) is 11.3 Å². The van der Waals surface area contributed by atoms with Crippen molar-refractivity contribution in [3.8, 4) is 0 Å². The second kappa shape index (κ2) is 10.3. The first-order valence-corrected chi connectivity index (χ1v) is 10.6. The zero-order valence-corrected chi connectivity index (χ0v) is 20.5. The number of nitrogens with zero attached hydrogens (tertiary/aromatic N) is 4. The molecular formula is C22H27F3N6O2S. The van der Waals surface area contributed by atoms with Crippen LogP contribution in [-0.2, 0) is 10.9 Å². The molecule has 0 aliphatic carbocycles. The molecule has 2 aromatic heterocycles. The van der Waals surface area contributed by atoms with Crippen LogP contribution in [0.25, 0.3) is 0 Å². The van der Waals surface area contributed by atoms with Crippen molar-refractivity contribution in [3.63, 3.8) is 0 Å². The first kappa shape index (κ1) is 27.0. The van der Waals surface area contributed by atoms with Crippen LogP contribution in [0.1, 0.15) is 57.4 Å². The Hall–Kier alpha value is -3.28. The number of pyridine rings is 2. The van der Waals surface area contributed by atoms with Gasteiger partial charge in [-0.1, -0.05) is 13.8 Å². The fourth-order valence-corrected chi connectivity index (χ4v) is 2.83. The molecule has 0 spiro atoms. The first-order valence-electron chi connectivity index (χ1n) is 10.2. The van der Waals surface area contributed by atoms with Gasteiger partial charge in [-0.15, -0.1) is 0 Å². The summed E-state index contributed by atoms with van der Waals surface area (Å²) in [7, 11) is 1.26. The van der Waals surface area contributed by atoms with Crippen molar-refractivity contribution in [1.82, 2.24) is 9.97 Å². The molecule has 0 radical (unpaired) electrons. The maximum Gasteiger partial charge on any atom is 0.417 e. The number of aromatic nitrogens is 2. The molecule has 2 heterocycles. The number of hydrogen-bond acceptors (Lipinski definition) is 5. The van der Waals surface area contributed by atoms with Gasteiger partial charge in [0, 0.05) is 19.4 Å².